The molecule has 0 spiro atoms. The summed E-state index contributed by atoms with van der Waals surface area (Å²) in [7, 11) is 3.73. The van der Waals surface area contributed by atoms with Crippen LogP contribution in [-0.2, 0) is 0 Å². The monoisotopic (exact) mass is 416 g/mol. The van der Waals surface area contributed by atoms with Gasteiger partial charge in [0.25, 0.3) is 5.91 Å². The van der Waals surface area contributed by atoms with Crippen molar-refractivity contribution >= 4 is 39.2 Å². The molecule has 1 aliphatic heterocycles. The third-order valence-electron chi connectivity index (χ3n) is 5.79. The number of anilines is 2. The summed E-state index contributed by atoms with van der Waals surface area (Å²) in [4.78, 5) is 21.7. The van der Waals surface area contributed by atoms with Gasteiger partial charge < -0.3 is 19.9 Å². The lowest BCUT2D eigenvalue weighted by molar-refractivity contribution is 0.0664. The van der Waals surface area contributed by atoms with Crippen molar-refractivity contribution in [1.82, 2.24) is 25.0 Å². The molecular weight excluding hydrogens is 392 g/mol. The topological polar surface area (TPSA) is 86.4 Å². The van der Waals surface area contributed by atoms with Gasteiger partial charge in [0.05, 0.1) is 24.2 Å². The summed E-state index contributed by atoms with van der Waals surface area (Å²) in [5, 5.41) is 12.5. The fourth-order valence-corrected chi connectivity index (χ4v) is 4.00. The fourth-order valence-electron chi connectivity index (χ4n) is 4.00. The molecule has 0 radical (unpaired) electrons. The Bertz CT molecular complexity index is 1240. The number of ether oxygens (including phenoxy) is 1. The van der Waals surface area contributed by atoms with Gasteiger partial charge in [-0.05, 0) is 43.4 Å². The number of carbonyl (C=O) groups is 1. The number of hydrogen-bond donors (Lipinski definition) is 2. The van der Waals surface area contributed by atoms with Crippen LogP contribution in [0.5, 0.6) is 5.75 Å². The maximum atomic E-state index is 12.8. The minimum atomic E-state index is 0.0755. The number of nitrogens with zero attached hydrogens (tertiary/aromatic N) is 4. The number of hydrogen-bond acceptors (Lipinski definition) is 6. The van der Waals surface area contributed by atoms with Crippen LogP contribution >= 0.6 is 0 Å². The quantitative estimate of drug-likeness (QED) is 0.531. The molecule has 8 nitrogen and oxygen atoms in total. The van der Waals surface area contributed by atoms with E-state index in [4.69, 9.17) is 9.72 Å². The van der Waals surface area contributed by atoms with Crippen LogP contribution in [0.1, 0.15) is 10.4 Å². The van der Waals surface area contributed by atoms with Crippen LogP contribution in [0.4, 0.5) is 11.5 Å². The predicted octanol–water partition coefficient (Wildman–Crippen LogP) is 3.25. The number of aromatic nitrogens is 3. The van der Waals surface area contributed by atoms with Crippen LogP contribution in [-0.4, -0.2) is 71.2 Å². The van der Waals surface area contributed by atoms with E-state index in [1.54, 1.807) is 13.3 Å². The minimum Gasteiger partial charge on any atom is -0.496 e. The lowest BCUT2D eigenvalue weighted by atomic mass is 10.1. The van der Waals surface area contributed by atoms with Crippen molar-refractivity contribution in [2.24, 2.45) is 0 Å². The number of likely N-dealkylation sites (N-methyl/N-ethyl adjacent to an activating group) is 1. The highest BCUT2D eigenvalue weighted by Crippen LogP contribution is 2.34. The van der Waals surface area contributed by atoms with E-state index < -0.39 is 0 Å². The maximum absolute atomic E-state index is 12.8. The molecule has 158 valence electrons. The molecule has 1 aliphatic rings. The first-order valence-electron chi connectivity index (χ1n) is 10.3. The molecule has 0 aliphatic carbocycles. The summed E-state index contributed by atoms with van der Waals surface area (Å²) >= 11 is 0. The fraction of sp³-hybridized carbons (Fsp3) is 0.261. The molecule has 2 aromatic carbocycles. The molecule has 31 heavy (non-hydrogen) atoms. The van der Waals surface area contributed by atoms with E-state index in [9.17, 15) is 4.79 Å². The summed E-state index contributed by atoms with van der Waals surface area (Å²) in [6.07, 6.45) is 1.78. The second-order valence-electron chi connectivity index (χ2n) is 7.77. The Balaban J connectivity index is 1.42. The molecule has 2 aromatic heterocycles. The van der Waals surface area contributed by atoms with Gasteiger partial charge in [0, 0.05) is 42.8 Å². The molecule has 4 aromatic rings. The molecule has 8 heteroatoms. The zero-order valence-corrected chi connectivity index (χ0v) is 17.6. The number of H-pyrrole nitrogens is 1. The molecule has 5 rings (SSSR count). The van der Waals surface area contributed by atoms with Crippen molar-refractivity contribution in [2.45, 2.75) is 0 Å². The Hall–Kier alpha value is -3.65. The van der Waals surface area contributed by atoms with Gasteiger partial charge in [0.1, 0.15) is 11.3 Å². The number of pyridine rings is 1. The number of aromatic amines is 1. The van der Waals surface area contributed by atoms with Gasteiger partial charge >= 0.3 is 0 Å². The number of nitrogens with one attached hydrogen (secondary N) is 2. The highest BCUT2D eigenvalue weighted by molar-refractivity contribution is 6.11. The van der Waals surface area contributed by atoms with Crippen molar-refractivity contribution in [3.8, 4) is 5.75 Å². The molecule has 0 saturated carbocycles. The van der Waals surface area contributed by atoms with E-state index in [1.807, 2.05) is 47.4 Å². The zero-order chi connectivity index (χ0) is 21.4. The largest absolute Gasteiger partial charge is 0.496 e. The standard InChI is InChI=1S/C23H24N6O2/c1-28-10-12-29(13-11-28)23(30)15-6-8-16(9-7-15)25-22-21-17(14-24-27-21)20-18(26-22)4-3-5-19(20)31-2/h3-9,14H,10-13H2,1-2H3,(H,24,27)(H,25,26). The molecule has 1 saturated heterocycles. The van der Waals surface area contributed by atoms with E-state index in [-0.39, 0.29) is 5.91 Å². The van der Waals surface area contributed by atoms with Gasteiger partial charge in [-0.2, -0.15) is 5.10 Å². The van der Waals surface area contributed by atoms with Crippen LogP contribution in [0.2, 0.25) is 0 Å². The number of piperazine rings is 1. The number of rotatable bonds is 4. The van der Waals surface area contributed by atoms with Crippen LogP contribution < -0.4 is 10.1 Å². The van der Waals surface area contributed by atoms with E-state index in [2.05, 4.69) is 27.5 Å². The van der Waals surface area contributed by atoms with Gasteiger partial charge in [0.15, 0.2) is 5.82 Å². The zero-order valence-electron chi connectivity index (χ0n) is 17.6. The van der Waals surface area contributed by atoms with Crippen molar-refractivity contribution in [2.75, 3.05) is 45.7 Å². The third kappa shape index (κ3) is 3.55. The Morgan fingerprint density at radius 1 is 1.10 bits per heavy atom. The average Bonchev–Trinajstić information content (AvgIpc) is 3.30. The first-order chi connectivity index (χ1) is 15.1. The third-order valence-corrected chi connectivity index (χ3v) is 5.79. The summed E-state index contributed by atoms with van der Waals surface area (Å²) in [6, 6.07) is 13.3. The Labute approximate surface area is 179 Å². The molecule has 0 bridgehead atoms. The summed E-state index contributed by atoms with van der Waals surface area (Å²) in [6.45, 7) is 3.34. The van der Waals surface area contributed by atoms with Crippen molar-refractivity contribution < 1.29 is 9.53 Å². The van der Waals surface area contributed by atoms with Gasteiger partial charge in [-0.1, -0.05) is 6.07 Å². The highest BCUT2D eigenvalue weighted by Gasteiger charge is 2.20. The Kier molecular flexibility index (Phi) is 4.91. The molecule has 1 fully saturated rings. The lowest BCUT2D eigenvalue weighted by Crippen LogP contribution is -2.47. The van der Waals surface area contributed by atoms with Crippen molar-refractivity contribution in [3.05, 3.63) is 54.2 Å². The second kappa shape index (κ2) is 7.88. The lowest BCUT2D eigenvalue weighted by Gasteiger charge is -2.32. The molecule has 3 heterocycles. The van der Waals surface area contributed by atoms with Gasteiger partial charge in [-0.3, -0.25) is 9.89 Å². The Morgan fingerprint density at radius 2 is 1.87 bits per heavy atom. The first-order valence-corrected chi connectivity index (χ1v) is 10.3. The predicted molar refractivity (Wildman–Crippen MR) is 121 cm³/mol. The smallest absolute Gasteiger partial charge is 0.253 e. The second-order valence-corrected chi connectivity index (χ2v) is 7.77. The molecular formula is C23H24N6O2. The SMILES string of the molecule is COc1cccc2nc(Nc3ccc(C(=O)N4CCN(C)CC4)cc3)c3[nH]ncc3c12. The maximum Gasteiger partial charge on any atom is 0.253 e. The van der Waals surface area contributed by atoms with Crippen LogP contribution in [0.3, 0.4) is 0 Å². The number of fused-ring (bicyclic) bond motifs is 3. The van der Waals surface area contributed by atoms with E-state index in [1.165, 1.54) is 0 Å². The van der Waals surface area contributed by atoms with Gasteiger partial charge in [-0.15, -0.1) is 0 Å². The molecule has 1 amide bonds. The summed E-state index contributed by atoms with van der Waals surface area (Å²) in [5.74, 6) is 1.51. The van der Waals surface area contributed by atoms with Gasteiger partial charge in [-0.25, -0.2) is 4.98 Å². The number of benzene rings is 2. The van der Waals surface area contributed by atoms with Gasteiger partial charge in [0.2, 0.25) is 0 Å². The van der Waals surface area contributed by atoms with Crippen LogP contribution in [0.15, 0.2) is 48.7 Å². The Morgan fingerprint density at radius 3 is 2.61 bits per heavy atom. The van der Waals surface area contributed by atoms with Crippen molar-refractivity contribution in [1.29, 1.82) is 0 Å². The molecule has 2 N–H and O–H groups in total. The van der Waals surface area contributed by atoms with Crippen LogP contribution in [0, 0.1) is 0 Å². The number of amides is 1. The minimum absolute atomic E-state index is 0.0755. The summed E-state index contributed by atoms with van der Waals surface area (Å²) < 4.78 is 5.51. The molecule has 0 atom stereocenters. The summed E-state index contributed by atoms with van der Waals surface area (Å²) in [5.41, 5.74) is 3.16. The molecule has 0 unspecified atom stereocenters. The van der Waals surface area contributed by atoms with E-state index >= 15 is 0 Å². The highest BCUT2D eigenvalue weighted by atomic mass is 16.5. The average molecular weight is 416 g/mol. The van der Waals surface area contributed by atoms with Crippen molar-refractivity contribution in [3.63, 3.8) is 0 Å². The van der Waals surface area contributed by atoms with E-state index in [0.717, 1.165) is 59.4 Å². The first kappa shape index (κ1) is 19.3. The number of methoxy groups -OCH3 is 1. The van der Waals surface area contributed by atoms with E-state index in [0.29, 0.717) is 11.4 Å². The number of carbonyl (C=O) groups excluding carboxylic acids is 1. The van der Waals surface area contributed by atoms with Crippen LogP contribution in [0.25, 0.3) is 21.8 Å². The normalized spacial score (nSPS) is 14.8.